The van der Waals surface area contributed by atoms with Crippen molar-refractivity contribution in [1.82, 2.24) is 15.3 Å². The predicted molar refractivity (Wildman–Crippen MR) is 58.6 cm³/mol. The average molecular weight is 222 g/mol. The third-order valence-corrected chi connectivity index (χ3v) is 3.59. The number of aryl methyl sites for hydroxylation is 1. The lowest BCUT2D eigenvalue weighted by molar-refractivity contribution is 0.593. The quantitative estimate of drug-likeness (QED) is 0.794. The van der Waals surface area contributed by atoms with Gasteiger partial charge in [-0.2, -0.15) is 0 Å². The van der Waals surface area contributed by atoms with Crippen molar-refractivity contribution in [2.75, 3.05) is 18.4 Å². The second-order valence-corrected chi connectivity index (χ2v) is 4.49. The third-order valence-electron chi connectivity index (χ3n) is 3.59. The van der Waals surface area contributed by atoms with Crippen molar-refractivity contribution in [1.29, 1.82) is 0 Å². The molecule has 0 amide bonds. The molecule has 2 heterocycles. The van der Waals surface area contributed by atoms with E-state index < -0.39 is 0 Å². The number of fused-ring (bicyclic) bond motifs is 1. The topological polar surface area (TPSA) is 49.8 Å². The van der Waals surface area contributed by atoms with Crippen LogP contribution in [0.4, 0.5) is 10.2 Å². The monoisotopic (exact) mass is 222 g/mol. The van der Waals surface area contributed by atoms with Gasteiger partial charge in [0.2, 0.25) is 0 Å². The van der Waals surface area contributed by atoms with E-state index in [1.807, 2.05) is 6.92 Å². The first kappa shape index (κ1) is 9.96. The van der Waals surface area contributed by atoms with Crippen LogP contribution in [0.15, 0.2) is 6.33 Å². The molecule has 3 rings (SSSR count). The lowest BCUT2D eigenvalue weighted by Crippen LogP contribution is -2.22. The molecule has 0 aromatic carbocycles. The summed E-state index contributed by atoms with van der Waals surface area (Å²) in [5.41, 5.74) is 0.487. The van der Waals surface area contributed by atoms with Gasteiger partial charge in [-0.3, -0.25) is 0 Å². The van der Waals surface area contributed by atoms with Gasteiger partial charge in [-0.25, -0.2) is 14.4 Å². The van der Waals surface area contributed by atoms with Gasteiger partial charge in [0.25, 0.3) is 0 Å². The van der Waals surface area contributed by atoms with Crippen LogP contribution in [0.3, 0.4) is 0 Å². The van der Waals surface area contributed by atoms with Gasteiger partial charge in [0, 0.05) is 19.1 Å². The molecule has 2 atom stereocenters. The molecule has 2 aliphatic rings. The summed E-state index contributed by atoms with van der Waals surface area (Å²) in [5.74, 6) is 1.38. The summed E-state index contributed by atoms with van der Waals surface area (Å²) < 4.78 is 13.8. The molecule has 5 heteroatoms. The van der Waals surface area contributed by atoms with Gasteiger partial charge in [0.05, 0.1) is 5.69 Å². The highest BCUT2D eigenvalue weighted by Gasteiger charge is 2.53. The molecule has 4 nitrogen and oxygen atoms in total. The summed E-state index contributed by atoms with van der Waals surface area (Å²) in [6.07, 6.45) is 2.03. The van der Waals surface area contributed by atoms with Crippen LogP contribution >= 0.6 is 0 Å². The molecule has 1 aliphatic carbocycles. The lowest BCUT2D eigenvalue weighted by atomic mass is 10.3. The van der Waals surface area contributed by atoms with E-state index in [0.29, 0.717) is 35.8 Å². The molecule has 1 aromatic heterocycles. The molecule has 1 aliphatic heterocycles. The largest absolute Gasteiger partial charge is 0.364 e. The Hall–Kier alpha value is -1.23. The van der Waals surface area contributed by atoms with Gasteiger partial charge in [-0.15, -0.1) is 0 Å². The summed E-state index contributed by atoms with van der Waals surface area (Å²) in [6.45, 7) is 3.97. The molecular formula is C11H15FN4. The minimum atomic E-state index is -0.289. The summed E-state index contributed by atoms with van der Waals surface area (Å²) >= 11 is 0. The van der Waals surface area contributed by atoms with E-state index in [4.69, 9.17) is 0 Å². The molecule has 1 aromatic rings. The van der Waals surface area contributed by atoms with E-state index in [9.17, 15) is 4.39 Å². The van der Waals surface area contributed by atoms with Gasteiger partial charge < -0.3 is 10.6 Å². The Morgan fingerprint density at radius 3 is 2.88 bits per heavy atom. The Bertz CT molecular complexity index is 399. The first-order valence-electron chi connectivity index (χ1n) is 5.78. The van der Waals surface area contributed by atoms with E-state index in [2.05, 4.69) is 20.6 Å². The molecule has 1 saturated heterocycles. The molecule has 2 fully saturated rings. The Morgan fingerprint density at radius 1 is 1.44 bits per heavy atom. The van der Waals surface area contributed by atoms with Crippen molar-refractivity contribution < 1.29 is 4.39 Å². The van der Waals surface area contributed by atoms with Crippen molar-refractivity contribution in [3.8, 4) is 0 Å². The van der Waals surface area contributed by atoms with E-state index in [-0.39, 0.29) is 5.82 Å². The number of hydrogen-bond acceptors (Lipinski definition) is 4. The van der Waals surface area contributed by atoms with E-state index in [1.54, 1.807) is 0 Å². The Kier molecular flexibility index (Phi) is 2.28. The number of nitrogens with zero attached hydrogens (tertiary/aromatic N) is 2. The van der Waals surface area contributed by atoms with Gasteiger partial charge in [0.15, 0.2) is 11.6 Å². The fraction of sp³-hybridized carbons (Fsp3) is 0.636. The van der Waals surface area contributed by atoms with Crippen molar-refractivity contribution >= 4 is 5.82 Å². The zero-order valence-electron chi connectivity index (χ0n) is 9.20. The van der Waals surface area contributed by atoms with Crippen LogP contribution in [0.1, 0.15) is 12.6 Å². The van der Waals surface area contributed by atoms with Crippen molar-refractivity contribution in [3.63, 3.8) is 0 Å². The van der Waals surface area contributed by atoms with Crippen LogP contribution in [-0.4, -0.2) is 29.1 Å². The molecule has 86 valence electrons. The van der Waals surface area contributed by atoms with E-state index >= 15 is 0 Å². The van der Waals surface area contributed by atoms with Crippen LogP contribution in [0.5, 0.6) is 0 Å². The molecule has 0 spiro atoms. The Labute approximate surface area is 93.7 Å². The molecule has 0 bridgehead atoms. The molecule has 0 radical (unpaired) electrons. The van der Waals surface area contributed by atoms with Crippen LogP contribution in [-0.2, 0) is 6.42 Å². The average Bonchev–Trinajstić information content (AvgIpc) is 2.76. The number of piperidine rings is 1. The van der Waals surface area contributed by atoms with Gasteiger partial charge in [-0.05, 0) is 18.3 Å². The summed E-state index contributed by atoms with van der Waals surface area (Å²) in [7, 11) is 0. The zero-order chi connectivity index (χ0) is 11.1. The predicted octanol–water partition coefficient (Wildman–Crippen LogP) is 0.808. The molecule has 2 N–H and O–H groups in total. The maximum absolute atomic E-state index is 13.8. The molecular weight excluding hydrogens is 207 g/mol. The van der Waals surface area contributed by atoms with Crippen molar-refractivity contribution in [2.45, 2.75) is 19.4 Å². The first-order valence-corrected chi connectivity index (χ1v) is 5.78. The normalized spacial score (nSPS) is 31.2. The molecule has 2 unspecified atom stereocenters. The highest BCUT2D eigenvalue weighted by Crippen LogP contribution is 2.43. The van der Waals surface area contributed by atoms with Gasteiger partial charge >= 0.3 is 0 Å². The smallest absolute Gasteiger partial charge is 0.186 e. The highest BCUT2D eigenvalue weighted by atomic mass is 19.1. The third kappa shape index (κ3) is 1.46. The second-order valence-electron chi connectivity index (χ2n) is 4.49. The van der Waals surface area contributed by atoms with Crippen LogP contribution < -0.4 is 10.6 Å². The summed E-state index contributed by atoms with van der Waals surface area (Å²) in [6, 6.07) is 0.398. The highest BCUT2D eigenvalue weighted by molar-refractivity contribution is 5.41. The van der Waals surface area contributed by atoms with Crippen molar-refractivity contribution in [2.24, 2.45) is 11.8 Å². The number of rotatable bonds is 3. The fourth-order valence-corrected chi connectivity index (χ4v) is 2.54. The maximum Gasteiger partial charge on any atom is 0.186 e. The minimum Gasteiger partial charge on any atom is -0.364 e. The fourth-order valence-electron chi connectivity index (χ4n) is 2.54. The van der Waals surface area contributed by atoms with Crippen molar-refractivity contribution in [3.05, 3.63) is 17.8 Å². The molecule has 1 saturated carbocycles. The minimum absolute atomic E-state index is 0.289. The Balaban J connectivity index is 1.75. The van der Waals surface area contributed by atoms with E-state index in [0.717, 1.165) is 13.1 Å². The SMILES string of the molecule is CCc1ncnc(NC2C3CNCC32)c1F. The lowest BCUT2D eigenvalue weighted by Gasteiger charge is -2.09. The Morgan fingerprint density at radius 2 is 2.19 bits per heavy atom. The van der Waals surface area contributed by atoms with Gasteiger partial charge in [0.1, 0.15) is 6.33 Å². The van der Waals surface area contributed by atoms with E-state index in [1.165, 1.54) is 6.33 Å². The first-order chi connectivity index (χ1) is 7.81. The zero-order valence-corrected chi connectivity index (χ0v) is 9.20. The maximum atomic E-state index is 13.8. The van der Waals surface area contributed by atoms with Crippen LogP contribution in [0, 0.1) is 17.7 Å². The molecule has 16 heavy (non-hydrogen) atoms. The second kappa shape index (κ2) is 3.66. The van der Waals surface area contributed by atoms with Crippen LogP contribution in [0.2, 0.25) is 0 Å². The summed E-state index contributed by atoms with van der Waals surface area (Å²) in [4.78, 5) is 7.90. The number of anilines is 1. The van der Waals surface area contributed by atoms with Crippen LogP contribution in [0.25, 0.3) is 0 Å². The standard InChI is InChI=1S/C11H15FN4/c1-2-8-9(12)11(15-5-14-8)16-10-6-3-13-4-7(6)10/h5-7,10,13H,2-4H2,1H3,(H,14,15,16). The number of nitrogens with one attached hydrogen (secondary N) is 2. The van der Waals surface area contributed by atoms with Gasteiger partial charge in [-0.1, -0.05) is 6.92 Å². The number of hydrogen-bond donors (Lipinski definition) is 2. The number of aromatic nitrogens is 2. The number of halogens is 1. The summed E-state index contributed by atoms with van der Waals surface area (Å²) in [5, 5.41) is 6.50.